The minimum absolute atomic E-state index is 0.00140. The van der Waals surface area contributed by atoms with E-state index in [-0.39, 0.29) is 29.7 Å². The smallest absolute Gasteiger partial charge is 0.404 e. The molecule has 0 aliphatic heterocycles. The average Bonchev–Trinajstić information content (AvgIpc) is 2.68. The second kappa shape index (κ2) is 5.73. The Balaban J connectivity index is 2.72. The van der Waals surface area contributed by atoms with Crippen LogP contribution in [0.25, 0.3) is 0 Å². The predicted molar refractivity (Wildman–Crippen MR) is 67.5 cm³/mol. The fourth-order valence-electron chi connectivity index (χ4n) is 1.38. The van der Waals surface area contributed by atoms with E-state index in [9.17, 15) is 9.59 Å². The number of rotatable bonds is 4. The molecule has 0 bridgehead atoms. The van der Waals surface area contributed by atoms with Gasteiger partial charge in [-0.2, -0.15) is 0 Å². The maximum atomic E-state index is 12.0. The second-order valence-electron chi connectivity index (χ2n) is 5.34. The van der Waals surface area contributed by atoms with Gasteiger partial charge in [0.15, 0.2) is 5.69 Å². The van der Waals surface area contributed by atoms with Gasteiger partial charge in [0, 0.05) is 6.07 Å². The number of ether oxygens (including phenoxy) is 1. The largest absolute Gasteiger partial charge is 0.448 e. The Hall–Kier alpha value is -2.05. The van der Waals surface area contributed by atoms with Gasteiger partial charge in [0.1, 0.15) is 12.4 Å². The fourth-order valence-corrected chi connectivity index (χ4v) is 1.38. The van der Waals surface area contributed by atoms with E-state index in [1.165, 1.54) is 6.07 Å². The van der Waals surface area contributed by atoms with Gasteiger partial charge in [0.25, 0.3) is 5.91 Å². The van der Waals surface area contributed by atoms with E-state index in [0.29, 0.717) is 5.76 Å². The molecule has 0 aromatic carbocycles. The summed E-state index contributed by atoms with van der Waals surface area (Å²) in [5.41, 5.74) is 4.81. The number of nitrogens with two attached hydrogens (primary N) is 1. The average molecular weight is 269 g/mol. The first-order valence-electron chi connectivity index (χ1n) is 5.86. The van der Waals surface area contributed by atoms with Gasteiger partial charge in [-0.3, -0.25) is 4.79 Å². The van der Waals surface area contributed by atoms with Crippen molar-refractivity contribution in [3.8, 4) is 0 Å². The Morgan fingerprint density at radius 1 is 1.53 bits per heavy atom. The van der Waals surface area contributed by atoms with Gasteiger partial charge < -0.3 is 20.3 Å². The third-order valence-electron chi connectivity index (χ3n) is 2.60. The monoisotopic (exact) mass is 269 g/mol. The molecule has 7 heteroatoms. The molecule has 0 aliphatic rings. The number of nitrogens with one attached hydrogen (secondary N) is 1. The molecule has 1 unspecified atom stereocenters. The van der Waals surface area contributed by atoms with E-state index in [1.54, 1.807) is 6.92 Å². The molecule has 1 atom stereocenters. The van der Waals surface area contributed by atoms with Crippen LogP contribution in [0.3, 0.4) is 0 Å². The molecule has 2 amide bonds. The molecular weight excluding hydrogens is 250 g/mol. The van der Waals surface area contributed by atoms with Crippen LogP contribution in [0, 0.1) is 12.3 Å². The van der Waals surface area contributed by atoms with E-state index >= 15 is 0 Å². The van der Waals surface area contributed by atoms with E-state index in [1.807, 2.05) is 20.8 Å². The van der Waals surface area contributed by atoms with Crippen LogP contribution in [0.1, 0.15) is 37.0 Å². The topological polar surface area (TPSA) is 107 Å². The molecule has 1 aromatic heterocycles. The number of hydrogen-bond donors (Lipinski definition) is 2. The minimum atomic E-state index is -0.874. The number of primary amides is 1. The zero-order chi connectivity index (χ0) is 14.6. The van der Waals surface area contributed by atoms with Gasteiger partial charge in [-0.05, 0) is 12.3 Å². The number of amides is 2. The van der Waals surface area contributed by atoms with Gasteiger partial charge in [-0.1, -0.05) is 25.9 Å². The summed E-state index contributed by atoms with van der Waals surface area (Å²) in [6.07, 6.45) is -0.874. The van der Waals surface area contributed by atoms with Crippen molar-refractivity contribution in [2.24, 2.45) is 11.1 Å². The summed E-state index contributed by atoms with van der Waals surface area (Å²) >= 11 is 0. The molecule has 0 fully saturated rings. The van der Waals surface area contributed by atoms with E-state index in [0.717, 1.165) is 0 Å². The number of nitrogens with zero attached hydrogens (tertiary/aromatic N) is 1. The zero-order valence-corrected chi connectivity index (χ0v) is 11.5. The molecule has 1 rings (SSSR count). The molecule has 19 heavy (non-hydrogen) atoms. The van der Waals surface area contributed by atoms with Gasteiger partial charge in [-0.15, -0.1) is 0 Å². The lowest BCUT2D eigenvalue weighted by molar-refractivity contribution is 0.0796. The van der Waals surface area contributed by atoms with Crippen LogP contribution < -0.4 is 11.1 Å². The number of carbonyl (C=O) groups excluding carboxylic acids is 2. The van der Waals surface area contributed by atoms with Crippen molar-refractivity contribution in [2.75, 3.05) is 6.61 Å². The van der Waals surface area contributed by atoms with Crippen molar-refractivity contribution in [3.05, 3.63) is 17.5 Å². The fraction of sp³-hybridized carbons (Fsp3) is 0.583. The highest BCUT2D eigenvalue weighted by molar-refractivity contribution is 5.92. The van der Waals surface area contributed by atoms with Crippen LogP contribution in [-0.2, 0) is 4.74 Å². The molecule has 1 heterocycles. The van der Waals surface area contributed by atoms with Crippen molar-refractivity contribution in [3.63, 3.8) is 0 Å². The first kappa shape index (κ1) is 15.0. The summed E-state index contributed by atoms with van der Waals surface area (Å²) in [5.74, 6) is 0.163. The zero-order valence-electron chi connectivity index (χ0n) is 11.5. The molecule has 0 saturated heterocycles. The van der Waals surface area contributed by atoms with E-state index in [2.05, 4.69) is 10.5 Å². The van der Waals surface area contributed by atoms with Crippen LogP contribution in [0.15, 0.2) is 10.6 Å². The third kappa shape index (κ3) is 4.61. The molecule has 3 N–H and O–H groups in total. The highest BCUT2D eigenvalue weighted by atomic mass is 16.5. The highest BCUT2D eigenvalue weighted by Crippen LogP contribution is 2.20. The summed E-state index contributed by atoms with van der Waals surface area (Å²) in [6, 6.07) is 1.15. The van der Waals surface area contributed by atoms with Crippen LogP contribution >= 0.6 is 0 Å². The van der Waals surface area contributed by atoms with Crippen LogP contribution in [0.5, 0.6) is 0 Å². The lowest BCUT2D eigenvalue weighted by atomic mass is 9.87. The lowest BCUT2D eigenvalue weighted by Gasteiger charge is -2.30. The Labute approximate surface area is 111 Å². The van der Waals surface area contributed by atoms with Crippen molar-refractivity contribution in [1.29, 1.82) is 0 Å². The van der Waals surface area contributed by atoms with Crippen LogP contribution in [0.4, 0.5) is 4.79 Å². The summed E-state index contributed by atoms with van der Waals surface area (Å²) in [5, 5.41) is 6.37. The molecule has 0 spiro atoms. The van der Waals surface area contributed by atoms with Gasteiger partial charge in [0.05, 0.1) is 6.04 Å². The van der Waals surface area contributed by atoms with Crippen molar-refractivity contribution >= 4 is 12.0 Å². The molecule has 7 nitrogen and oxygen atoms in total. The molecule has 0 aliphatic carbocycles. The van der Waals surface area contributed by atoms with E-state index < -0.39 is 6.09 Å². The Bertz CT molecular complexity index is 462. The Morgan fingerprint density at radius 2 is 2.16 bits per heavy atom. The number of carbonyl (C=O) groups is 2. The van der Waals surface area contributed by atoms with Crippen molar-refractivity contribution in [1.82, 2.24) is 10.5 Å². The summed E-state index contributed by atoms with van der Waals surface area (Å²) < 4.78 is 9.59. The first-order chi connectivity index (χ1) is 8.70. The van der Waals surface area contributed by atoms with Gasteiger partial charge >= 0.3 is 6.09 Å². The Kier molecular flexibility index (Phi) is 4.52. The number of hydrogen-bond acceptors (Lipinski definition) is 5. The quantitative estimate of drug-likeness (QED) is 0.854. The van der Waals surface area contributed by atoms with Crippen molar-refractivity contribution < 1.29 is 18.8 Å². The summed E-state index contributed by atoms with van der Waals surface area (Å²) in [4.78, 5) is 22.6. The number of aromatic nitrogens is 1. The standard InChI is InChI=1S/C12H19N3O4/c1-7-5-8(15-19-7)10(16)14-9(12(2,3)4)6-18-11(13)17/h5,9H,6H2,1-4H3,(H2,13,17)(H,14,16). The molecule has 0 saturated carbocycles. The second-order valence-corrected chi connectivity index (χ2v) is 5.34. The Morgan fingerprint density at radius 3 is 2.58 bits per heavy atom. The van der Waals surface area contributed by atoms with Crippen molar-refractivity contribution in [2.45, 2.75) is 33.7 Å². The minimum Gasteiger partial charge on any atom is -0.448 e. The highest BCUT2D eigenvalue weighted by Gasteiger charge is 2.28. The first-order valence-corrected chi connectivity index (χ1v) is 5.86. The molecule has 106 valence electrons. The molecule has 1 aromatic rings. The normalized spacial score (nSPS) is 12.8. The third-order valence-corrected chi connectivity index (χ3v) is 2.60. The molecular formula is C12H19N3O4. The van der Waals surface area contributed by atoms with Crippen LogP contribution in [0.2, 0.25) is 0 Å². The molecule has 0 radical (unpaired) electrons. The SMILES string of the molecule is Cc1cc(C(=O)NC(COC(N)=O)C(C)(C)C)no1. The maximum Gasteiger partial charge on any atom is 0.404 e. The summed E-state index contributed by atoms with van der Waals surface area (Å²) in [6.45, 7) is 7.44. The predicted octanol–water partition coefficient (Wildman–Crippen LogP) is 1.22. The lowest BCUT2D eigenvalue weighted by Crippen LogP contribution is -2.47. The van der Waals surface area contributed by atoms with E-state index in [4.69, 9.17) is 15.0 Å². The van der Waals surface area contributed by atoms with Crippen LogP contribution in [-0.4, -0.2) is 29.8 Å². The van der Waals surface area contributed by atoms with Gasteiger partial charge in [0.2, 0.25) is 0 Å². The number of aryl methyl sites for hydroxylation is 1. The van der Waals surface area contributed by atoms with Gasteiger partial charge in [-0.25, -0.2) is 4.79 Å². The maximum absolute atomic E-state index is 12.0. The summed E-state index contributed by atoms with van der Waals surface area (Å²) in [7, 11) is 0.